The topological polar surface area (TPSA) is 51.5 Å². The van der Waals surface area contributed by atoms with E-state index < -0.39 is 0 Å². The molecule has 1 aliphatic rings. The zero-order valence-electron chi connectivity index (χ0n) is 14.9. The number of hydrogen-bond donors (Lipinski definition) is 1. The van der Waals surface area contributed by atoms with E-state index in [2.05, 4.69) is 5.32 Å². The highest BCUT2D eigenvalue weighted by Gasteiger charge is 2.25. The van der Waals surface area contributed by atoms with Crippen molar-refractivity contribution in [1.82, 2.24) is 0 Å². The molecule has 0 bridgehead atoms. The minimum Gasteiger partial charge on any atom is -0.483 e. The first-order chi connectivity index (χ1) is 12.5. The minimum atomic E-state index is -0.0538. The fourth-order valence-electron chi connectivity index (χ4n) is 3.30. The van der Waals surface area contributed by atoms with Crippen molar-refractivity contribution in [3.63, 3.8) is 0 Å². The first-order valence-electron chi connectivity index (χ1n) is 8.76. The highest BCUT2D eigenvalue weighted by molar-refractivity contribution is 6.30. The lowest BCUT2D eigenvalue weighted by Gasteiger charge is -2.25. The van der Waals surface area contributed by atoms with E-state index in [4.69, 9.17) is 20.8 Å². The second-order valence-corrected chi connectivity index (χ2v) is 7.40. The molecule has 5 heteroatoms. The van der Waals surface area contributed by atoms with Gasteiger partial charge in [-0.2, -0.15) is 0 Å². The Morgan fingerprint density at radius 3 is 2.58 bits per heavy atom. The fourth-order valence-corrected chi connectivity index (χ4v) is 3.43. The Kier molecular flexibility index (Phi) is 4.16. The van der Waals surface area contributed by atoms with Gasteiger partial charge in [0.25, 0.3) is 0 Å². The van der Waals surface area contributed by atoms with Crippen LogP contribution in [0, 0.1) is 0 Å². The summed E-state index contributed by atoms with van der Waals surface area (Å²) in [7, 11) is 0. The van der Waals surface area contributed by atoms with E-state index in [0.29, 0.717) is 33.1 Å². The molecule has 1 atom stereocenters. The first kappa shape index (κ1) is 17.0. The number of rotatable bonds is 2. The monoisotopic (exact) mass is 369 g/mol. The molecule has 0 radical (unpaired) electrons. The quantitative estimate of drug-likeness (QED) is 0.654. The Hall–Kier alpha value is -2.46. The van der Waals surface area contributed by atoms with Crippen molar-refractivity contribution in [3.05, 3.63) is 57.4 Å². The lowest BCUT2D eigenvalue weighted by atomic mass is 9.96. The molecule has 0 saturated carbocycles. The Morgan fingerprint density at radius 2 is 1.88 bits per heavy atom. The molecule has 4 rings (SSSR count). The van der Waals surface area contributed by atoms with Gasteiger partial charge in [0.2, 0.25) is 5.43 Å². The van der Waals surface area contributed by atoms with Crippen molar-refractivity contribution < 1.29 is 9.15 Å². The maximum Gasteiger partial charge on any atom is 0.200 e. The third-order valence-electron chi connectivity index (χ3n) is 4.60. The molecule has 2 heterocycles. The molecule has 1 N–H and O–H groups in total. The van der Waals surface area contributed by atoms with Gasteiger partial charge in [0.1, 0.15) is 11.9 Å². The van der Waals surface area contributed by atoms with E-state index in [0.717, 1.165) is 17.8 Å². The van der Waals surface area contributed by atoms with Crippen LogP contribution in [-0.2, 0) is 0 Å². The number of ether oxygens (including phenoxy) is 1. The summed E-state index contributed by atoms with van der Waals surface area (Å²) in [6.45, 7) is 6.74. The van der Waals surface area contributed by atoms with Crippen LogP contribution in [0.25, 0.3) is 22.1 Å². The molecule has 0 unspecified atom stereocenters. The Balaban J connectivity index is 2.05. The van der Waals surface area contributed by atoms with E-state index in [1.165, 1.54) is 0 Å². The molecule has 3 aromatic rings. The van der Waals surface area contributed by atoms with Crippen LogP contribution in [0.15, 0.2) is 45.6 Å². The average molecular weight is 370 g/mol. The highest BCUT2D eigenvalue weighted by Crippen LogP contribution is 2.39. The van der Waals surface area contributed by atoms with Crippen LogP contribution in [0.5, 0.6) is 5.75 Å². The normalized spacial score (nSPS) is 16.3. The number of halogens is 1. The maximum atomic E-state index is 13.3. The van der Waals surface area contributed by atoms with Crippen molar-refractivity contribution in [2.45, 2.75) is 32.8 Å². The Morgan fingerprint density at radius 1 is 1.15 bits per heavy atom. The molecule has 1 aliphatic heterocycles. The highest BCUT2D eigenvalue weighted by atomic mass is 35.5. The van der Waals surface area contributed by atoms with Crippen LogP contribution in [0.1, 0.15) is 32.4 Å². The smallest absolute Gasteiger partial charge is 0.200 e. The lowest BCUT2D eigenvalue weighted by Crippen LogP contribution is -2.28. The SMILES string of the molecule is CC(C)c1oc2c3c(ccc2c(=O)c1-c1ccc(Cl)cc1)NC[C@@H](C)O3. The third kappa shape index (κ3) is 2.74. The van der Waals surface area contributed by atoms with Crippen molar-refractivity contribution in [2.24, 2.45) is 0 Å². The standard InChI is InChI=1S/C21H20ClNO3/c1-11(2)19-17(13-4-6-14(22)7-5-13)18(24)15-8-9-16-21(20(15)26-19)25-12(3)10-23-16/h4-9,11-12,23H,10H2,1-3H3/t12-/m1/s1. The first-order valence-corrected chi connectivity index (χ1v) is 9.13. The summed E-state index contributed by atoms with van der Waals surface area (Å²) >= 11 is 6.00. The van der Waals surface area contributed by atoms with Crippen LogP contribution in [0.4, 0.5) is 5.69 Å². The number of nitrogens with one attached hydrogen (secondary N) is 1. The van der Waals surface area contributed by atoms with E-state index in [1.807, 2.05) is 39.0 Å². The van der Waals surface area contributed by atoms with Gasteiger partial charge < -0.3 is 14.5 Å². The summed E-state index contributed by atoms with van der Waals surface area (Å²) < 4.78 is 12.3. The number of anilines is 1. The molecule has 1 aromatic heterocycles. The van der Waals surface area contributed by atoms with Gasteiger partial charge in [-0.05, 0) is 36.8 Å². The molecule has 0 fully saturated rings. The summed E-state index contributed by atoms with van der Waals surface area (Å²) in [5.41, 5.74) is 2.70. The molecule has 2 aromatic carbocycles. The Bertz CT molecular complexity index is 1040. The van der Waals surface area contributed by atoms with Crippen molar-refractivity contribution in [1.29, 1.82) is 0 Å². The third-order valence-corrected chi connectivity index (χ3v) is 4.85. The maximum absolute atomic E-state index is 13.3. The van der Waals surface area contributed by atoms with Gasteiger partial charge in [0.05, 0.1) is 23.2 Å². The summed E-state index contributed by atoms with van der Waals surface area (Å²) in [4.78, 5) is 13.3. The molecule has 0 amide bonds. The van der Waals surface area contributed by atoms with Gasteiger partial charge in [0.15, 0.2) is 11.3 Å². The molecule has 26 heavy (non-hydrogen) atoms. The van der Waals surface area contributed by atoms with Gasteiger partial charge in [-0.3, -0.25) is 4.79 Å². The predicted molar refractivity (Wildman–Crippen MR) is 106 cm³/mol. The van der Waals surface area contributed by atoms with E-state index in [-0.39, 0.29) is 17.5 Å². The van der Waals surface area contributed by atoms with Gasteiger partial charge >= 0.3 is 0 Å². The second-order valence-electron chi connectivity index (χ2n) is 6.96. The van der Waals surface area contributed by atoms with Crippen molar-refractivity contribution in [3.8, 4) is 16.9 Å². The Labute approximate surface area is 156 Å². The molecular formula is C21H20ClNO3. The zero-order chi connectivity index (χ0) is 18.4. The van der Waals surface area contributed by atoms with Gasteiger partial charge in [-0.25, -0.2) is 0 Å². The van der Waals surface area contributed by atoms with Crippen LogP contribution in [0.3, 0.4) is 0 Å². The largest absolute Gasteiger partial charge is 0.483 e. The van der Waals surface area contributed by atoms with E-state index in [9.17, 15) is 4.79 Å². The second kappa shape index (κ2) is 6.36. The number of benzene rings is 2. The fraction of sp³-hybridized carbons (Fsp3) is 0.286. The lowest BCUT2D eigenvalue weighted by molar-refractivity contribution is 0.225. The zero-order valence-corrected chi connectivity index (χ0v) is 15.7. The molecule has 0 spiro atoms. The van der Waals surface area contributed by atoms with Crippen molar-refractivity contribution in [2.75, 3.05) is 11.9 Å². The van der Waals surface area contributed by atoms with Crippen LogP contribution in [-0.4, -0.2) is 12.6 Å². The van der Waals surface area contributed by atoms with Gasteiger partial charge in [0, 0.05) is 10.9 Å². The summed E-state index contributed by atoms with van der Waals surface area (Å²) in [5.74, 6) is 1.31. The molecule has 4 nitrogen and oxygen atoms in total. The molecular weight excluding hydrogens is 350 g/mol. The molecule has 134 valence electrons. The summed E-state index contributed by atoms with van der Waals surface area (Å²) in [6.07, 6.45) is 0.0110. The van der Waals surface area contributed by atoms with Crippen LogP contribution in [0.2, 0.25) is 5.02 Å². The summed E-state index contributed by atoms with van der Waals surface area (Å²) in [6, 6.07) is 10.9. The number of hydrogen-bond acceptors (Lipinski definition) is 4. The molecule has 0 saturated heterocycles. The summed E-state index contributed by atoms with van der Waals surface area (Å²) in [5, 5.41) is 4.48. The predicted octanol–water partition coefficient (Wildman–Crippen LogP) is 5.43. The minimum absolute atomic E-state index is 0.0110. The van der Waals surface area contributed by atoms with Crippen molar-refractivity contribution >= 4 is 28.3 Å². The van der Waals surface area contributed by atoms with Gasteiger partial charge in [-0.15, -0.1) is 0 Å². The average Bonchev–Trinajstić information content (AvgIpc) is 2.62. The van der Waals surface area contributed by atoms with E-state index >= 15 is 0 Å². The van der Waals surface area contributed by atoms with Gasteiger partial charge in [-0.1, -0.05) is 37.6 Å². The number of fused-ring (bicyclic) bond motifs is 3. The van der Waals surface area contributed by atoms with E-state index in [1.54, 1.807) is 18.2 Å². The molecule has 0 aliphatic carbocycles. The van der Waals surface area contributed by atoms with Crippen LogP contribution < -0.4 is 15.5 Å². The van der Waals surface area contributed by atoms with Crippen LogP contribution >= 0.6 is 11.6 Å².